The molecule has 8 heteroatoms. The molecule has 0 unspecified atom stereocenters. The fraction of sp³-hybridized carbons (Fsp3) is 0. The maximum Gasteiger partial charge on any atom is 0.335 e. The van der Waals surface area contributed by atoms with Crippen molar-refractivity contribution in [3.8, 4) is 5.69 Å². The van der Waals surface area contributed by atoms with Gasteiger partial charge in [0, 0.05) is 22.6 Å². The second-order valence-electron chi connectivity index (χ2n) is 7.39. The molecule has 0 aliphatic carbocycles. The Kier molecular flexibility index (Phi) is 5.24. The molecule has 1 aliphatic rings. The minimum absolute atomic E-state index is 0.110. The van der Waals surface area contributed by atoms with Crippen LogP contribution in [0.4, 0.5) is 10.5 Å². The summed E-state index contributed by atoms with van der Waals surface area (Å²) in [4.78, 5) is 39.1. The zero-order valence-corrected chi connectivity index (χ0v) is 18.5. The van der Waals surface area contributed by atoms with Crippen LogP contribution in [0.25, 0.3) is 22.5 Å². The number of barbiturate groups is 1. The molecule has 0 spiro atoms. The SMILES string of the molecule is O=C1NC(=O)N(c2ccc(Cl)cc2Cl)C(=O)/C1=C/c1cccn1-c1ccc2ccccc2c1. The fourth-order valence-corrected chi connectivity index (χ4v) is 4.25. The third kappa shape index (κ3) is 3.80. The normalized spacial score (nSPS) is 15.4. The van der Waals surface area contributed by atoms with Gasteiger partial charge >= 0.3 is 6.03 Å². The Morgan fingerprint density at radius 1 is 0.818 bits per heavy atom. The number of imide groups is 2. The summed E-state index contributed by atoms with van der Waals surface area (Å²) < 4.78 is 1.86. The molecule has 3 aromatic carbocycles. The number of fused-ring (bicyclic) bond motifs is 1. The number of hydrogen-bond donors (Lipinski definition) is 1. The van der Waals surface area contributed by atoms with Gasteiger partial charge in [0.05, 0.1) is 10.7 Å². The van der Waals surface area contributed by atoms with E-state index in [0.717, 1.165) is 21.4 Å². The Balaban J connectivity index is 1.56. The van der Waals surface area contributed by atoms with Crippen LogP contribution in [0, 0.1) is 0 Å². The Morgan fingerprint density at radius 2 is 1.61 bits per heavy atom. The second-order valence-corrected chi connectivity index (χ2v) is 8.23. The number of amides is 4. The standard InChI is InChI=1S/C25H15Cl2N3O3/c26-17-8-10-22(21(27)13-17)30-24(32)20(23(31)28-25(30)33)14-18-6-3-11-29(18)19-9-7-15-4-1-2-5-16(15)12-19/h1-14H,(H,28,31,33)/b20-14+. The lowest BCUT2D eigenvalue weighted by molar-refractivity contribution is -0.122. The lowest BCUT2D eigenvalue weighted by atomic mass is 10.1. The van der Waals surface area contributed by atoms with Crippen molar-refractivity contribution in [1.82, 2.24) is 9.88 Å². The molecule has 1 aromatic heterocycles. The molecular weight excluding hydrogens is 461 g/mol. The van der Waals surface area contributed by atoms with Gasteiger partial charge in [0.15, 0.2) is 0 Å². The van der Waals surface area contributed by atoms with E-state index in [2.05, 4.69) is 5.32 Å². The molecule has 1 N–H and O–H groups in total. The van der Waals surface area contributed by atoms with E-state index in [1.54, 1.807) is 6.07 Å². The van der Waals surface area contributed by atoms with Crippen molar-refractivity contribution >= 4 is 63.6 Å². The summed E-state index contributed by atoms with van der Waals surface area (Å²) in [6.45, 7) is 0. The lowest BCUT2D eigenvalue weighted by Crippen LogP contribution is -2.54. The zero-order chi connectivity index (χ0) is 23.1. The molecule has 1 saturated heterocycles. The number of hydrogen-bond acceptors (Lipinski definition) is 3. The van der Waals surface area contributed by atoms with Crippen LogP contribution >= 0.6 is 23.2 Å². The van der Waals surface area contributed by atoms with Gasteiger partial charge in [0.2, 0.25) is 0 Å². The van der Waals surface area contributed by atoms with Crippen LogP contribution in [0.5, 0.6) is 0 Å². The first kappa shape index (κ1) is 21.0. The van der Waals surface area contributed by atoms with Crippen LogP contribution in [0.2, 0.25) is 10.0 Å². The van der Waals surface area contributed by atoms with Gasteiger partial charge in [-0.25, -0.2) is 9.69 Å². The van der Waals surface area contributed by atoms with Crippen molar-refractivity contribution in [2.75, 3.05) is 4.90 Å². The molecule has 2 heterocycles. The monoisotopic (exact) mass is 475 g/mol. The molecule has 33 heavy (non-hydrogen) atoms. The predicted molar refractivity (Wildman–Crippen MR) is 129 cm³/mol. The maximum atomic E-state index is 13.2. The Hall–Kier alpha value is -3.87. The van der Waals surface area contributed by atoms with Gasteiger partial charge in [0.1, 0.15) is 5.57 Å². The number of carbonyl (C=O) groups excluding carboxylic acids is 3. The molecule has 1 fully saturated rings. The number of benzene rings is 3. The molecule has 0 saturated carbocycles. The largest absolute Gasteiger partial charge is 0.335 e. The number of urea groups is 1. The number of carbonyl (C=O) groups is 3. The van der Waals surface area contributed by atoms with Crippen LogP contribution in [0.1, 0.15) is 5.69 Å². The lowest BCUT2D eigenvalue weighted by Gasteiger charge is -2.27. The van der Waals surface area contributed by atoms with Crippen LogP contribution in [-0.2, 0) is 9.59 Å². The molecule has 162 valence electrons. The van der Waals surface area contributed by atoms with E-state index in [9.17, 15) is 14.4 Å². The van der Waals surface area contributed by atoms with Gasteiger partial charge < -0.3 is 4.57 Å². The van der Waals surface area contributed by atoms with Gasteiger partial charge in [-0.1, -0.05) is 53.5 Å². The summed E-state index contributed by atoms with van der Waals surface area (Å²) in [6, 6.07) is 21.0. The molecule has 4 aromatic rings. The summed E-state index contributed by atoms with van der Waals surface area (Å²) in [5.41, 5.74) is 1.40. The highest BCUT2D eigenvalue weighted by molar-refractivity contribution is 6.42. The van der Waals surface area contributed by atoms with Crippen molar-refractivity contribution in [1.29, 1.82) is 0 Å². The molecule has 0 bridgehead atoms. The third-order valence-corrected chi connectivity index (χ3v) is 5.87. The number of anilines is 1. The fourth-order valence-electron chi connectivity index (χ4n) is 3.76. The van der Waals surface area contributed by atoms with E-state index in [1.807, 2.05) is 59.3 Å². The third-order valence-electron chi connectivity index (χ3n) is 5.34. The molecule has 0 atom stereocenters. The maximum absolute atomic E-state index is 13.2. The Bertz CT molecular complexity index is 1490. The summed E-state index contributed by atoms with van der Waals surface area (Å²) in [5.74, 6) is -1.56. The number of aromatic nitrogens is 1. The minimum atomic E-state index is -0.878. The number of nitrogens with zero attached hydrogens (tertiary/aromatic N) is 2. The first-order valence-corrected chi connectivity index (χ1v) is 10.7. The van der Waals surface area contributed by atoms with E-state index >= 15 is 0 Å². The zero-order valence-electron chi connectivity index (χ0n) is 17.0. The molecule has 5 rings (SSSR count). The first-order valence-electron chi connectivity index (χ1n) is 9.95. The average molecular weight is 476 g/mol. The summed E-state index contributed by atoms with van der Waals surface area (Å²) in [6.07, 6.45) is 3.29. The van der Waals surface area contributed by atoms with Crippen molar-refractivity contribution in [2.45, 2.75) is 0 Å². The molecule has 4 amide bonds. The predicted octanol–water partition coefficient (Wildman–Crippen LogP) is 5.60. The van der Waals surface area contributed by atoms with Crippen LogP contribution in [0.15, 0.2) is 84.6 Å². The Labute approximate surface area is 198 Å². The number of nitrogens with one attached hydrogen (secondary N) is 1. The van der Waals surface area contributed by atoms with Crippen molar-refractivity contribution in [3.05, 3.63) is 100 Å². The van der Waals surface area contributed by atoms with Gasteiger partial charge in [0.25, 0.3) is 11.8 Å². The topological polar surface area (TPSA) is 71.4 Å². The first-order chi connectivity index (χ1) is 15.9. The summed E-state index contributed by atoms with van der Waals surface area (Å²) in [7, 11) is 0. The van der Waals surface area contributed by atoms with E-state index in [1.165, 1.54) is 24.3 Å². The molecule has 1 aliphatic heterocycles. The van der Waals surface area contributed by atoms with Crippen molar-refractivity contribution in [3.63, 3.8) is 0 Å². The van der Waals surface area contributed by atoms with Crippen LogP contribution in [0.3, 0.4) is 0 Å². The van der Waals surface area contributed by atoms with Gasteiger partial charge in [-0.15, -0.1) is 0 Å². The number of halogens is 2. The Morgan fingerprint density at radius 3 is 2.39 bits per heavy atom. The smallest absolute Gasteiger partial charge is 0.317 e. The highest BCUT2D eigenvalue weighted by Crippen LogP contribution is 2.31. The van der Waals surface area contributed by atoms with Gasteiger partial charge in [-0.2, -0.15) is 0 Å². The van der Waals surface area contributed by atoms with E-state index in [4.69, 9.17) is 23.2 Å². The van der Waals surface area contributed by atoms with E-state index < -0.39 is 17.8 Å². The summed E-state index contributed by atoms with van der Waals surface area (Å²) >= 11 is 12.1. The quantitative estimate of drug-likeness (QED) is 0.309. The summed E-state index contributed by atoms with van der Waals surface area (Å²) in [5, 5.41) is 4.83. The van der Waals surface area contributed by atoms with Gasteiger partial charge in [-0.05, 0) is 59.3 Å². The van der Waals surface area contributed by atoms with Crippen molar-refractivity contribution < 1.29 is 14.4 Å². The highest BCUT2D eigenvalue weighted by atomic mass is 35.5. The minimum Gasteiger partial charge on any atom is -0.317 e. The van der Waals surface area contributed by atoms with E-state index in [0.29, 0.717) is 10.7 Å². The average Bonchev–Trinajstić information content (AvgIpc) is 3.26. The van der Waals surface area contributed by atoms with E-state index in [-0.39, 0.29) is 16.3 Å². The number of rotatable bonds is 3. The van der Waals surface area contributed by atoms with Gasteiger partial charge in [-0.3, -0.25) is 14.9 Å². The second kappa shape index (κ2) is 8.24. The highest BCUT2D eigenvalue weighted by Gasteiger charge is 2.38. The molecular formula is C25H15Cl2N3O3. The molecule has 6 nitrogen and oxygen atoms in total. The van der Waals surface area contributed by atoms with Crippen molar-refractivity contribution in [2.24, 2.45) is 0 Å². The molecule has 0 radical (unpaired) electrons. The van der Waals surface area contributed by atoms with Crippen LogP contribution in [-0.4, -0.2) is 22.4 Å². The van der Waals surface area contributed by atoms with Crippen LogP contribution < -0.4 is 10.2 Å².